The van der Waals surface area contributed by atoms with Crippen LogP contribution in [0, 0.1) is 5.92 Å². The Morgan fingerprint density at radius 3 is 2.00 bits per heavy atom. The van der Waals surface area contributed by atoms with Crippen molar-refractivity contribution in [1.82, 2.24) is 10.4 Å². The van der Waals surface area contributed by atoms with Gasteiger partial charge in [-0.1, -0.05) is 20.3 Å². The summed E-state index contributed by atoms with van der Waals surface area (Å²) in [6.07, 6.45) is 4.06. The fraction of sp³-hybridized carbons (Fsp3) is 1.00. The maximum absolute atomic E-state index is 3.65. The predicted molar refractivity (Wildman–Crippen MR) is 62.0 cm³/mol. The molecule has 1 N–H and O–H groups in total. The van der Waals surface area contributed by atoms with Gasteiger partial charge in [-0.2, -0.15) is 0 Å². The molecule has 1 heterocycles. The van der Waals surface area contributed by atoms with Gasteiger partial charge in [0.25, 0.3) is 0 Å². The molecule has 14 heavy (non-hydrogen) atoms. The van der Waals surface area contributed by atoms with Gasteiger partial charge in [0.1, 0.15) is 0 Å². The van der Waals surface area contributed by atoms with E-state index >= 15 is 0 Å². The number of nitrogens with zero attached hydrogens (tertiary/aromatic N) is 1. The summed E-state index contributed by atoms with van der Waals surface area (Å²) in [5.41, 5.74) is 3.65. The van der Waals surface area contributed by atoms with E-state index in [2.05, 4.69) is 45.1 Å². The molecule has 0 bridgehead atoms. The van der Waals surface area contributed by atoms with Crippen molar-refractivity contribution in [2.75, 3.05) is 0 Å². The quantitative estimate of drug-likeness (QED) is 0.750. The van der Waals surface area contributed by atoms with Crippen molar-refractivity contribution in [3.63, 3.8) is 0 Å². The highest BCUT2D eigenvalue weighted by atomic mass is 15.5. The predicted octanol–water partition coefficient (Wildman–Crippen LogP) is 2.80. The monoisotopic (exact) mass is 198 g/mol. The van der Waals surface area contributed by atoms with Gasteiger partial charge in [-0.05, 0) is 39.5 Å². The molecule has 1 fully saturated rings. The normalized spacial score (nSPS) is 32.1. The molecular formula is C12H26N2. The average molecular weight is 198 g/mol. The van der Waals surface area contributed by atoms with Gasteiger partial charge in [0.15, 0.2) is 0 Å². The Morgan fingerprint density at radius 2 is 1.57 bits per heavy atom. The molecule has 1 aliphatic rings. The third-order valence-corrected chi connectivity index (χ3v) is 3.55. The Morgan fingerprint density at radius 1 is 1.07 bits per heavy atom. The molecule has 0 amide bonds. The Balaban J connectivity index is 2.47. The molecule has 3 unspecified atom stereocenters. The summed E-state index contributed by atoms with van der Waals surface area (Å²) in [6.45, 7) is 11.5. The minimum absolute atomic E-state index is 0.581. The van der Waals surface area contributed by atoms with Crippen molar-refractivity contribution in [3.05, 3.63) is 0 Å². The lowest BCUT2D eigenvalue weighted by Crippen LogP contribution is -2.55. The zero-order chi connectivity index (χ0) is 10.7. The van der Waals surface area contributed by atoms with Crippen LogP contribution < -0.4 is 5.43 Å². The van der Waals surface area contributed by atoms with Gasteiger partial charge >= 0.3 is 0 Å². The summed E-state index contributed by atoms with van der Waals surface area (Å²) in [5, 5.41) is 2.47. The third-order valence-electron chi connectivity index (χ3n) is 3.55. The second kappa shape index (κ2) is 5.13. The molecule has 3 atom stereocenters. The van der Waals surface area contributed by atoms with Crippen LogP contribution in [0.2, 0.25) is 0 Å². The van der Waals surface area contributed by atoms with Crippen LogP contribution in [0.4, 0.5) is 0 Å². The van der Waals surface area contributed by atoms with Gasteiger partial charge in [-0.15, -0.1) is 0 Å². The number of piperidine rings is 1. The molecule has 0 aliphatic carbocycles. The molecule has 0 radical (unpaired) electrons. The van der Waals surface area contributed by atoms with Crippen molar-refractivity contribution >= 4 is 0 Å². The van der Waals surface area contributed by atoms with Crippen LogP contribution in [-0.2, 0) is 0 Å². The first-order valence-corrected chi connectivity index (χ1v) is 6.07. The third kappa shape index (κ3) is 2.96. The van der Waals surface area contributed by atoms with E-state index < -0.39 is 0 Å². The molecule has 0 spiro atoms. The van der Waals surface area contributed by atoms with Gasteiger partial charge in [0.2, 0.25) is 0 Å². The summed E-state index contributed by atoms with van der Waals surface area (Å²) in [4.78, 5) is 0. The van der Waals surface area contributed by atoms with Crippen molar-refractivity contribution in [2.24, 2.45) is 5.92 Å². The molecule has 1 aliphatic heterocycles. The molecule has 1 saturated heterocycles. The zero-order valence-electron chi connectivity index (χ0n) is 10.4. The van der Waals surface area contributed by atoms with Crippen LogP contribution in [0.1, 0.15) is 53.9 Å². The summed E-state index contributed by atoms with van der Waals surface area (Å²) in [5.74, 6) is 0.705. The summed E-state index contributed by atoms with van der Waals surface area (Å²) in [6, 6.07) is 1.97. The lowest BCUT2D eigenvalue weighted by molar-refractivity contribution is 0.0248. The van der Waals surface area contributed by atoms with Crippen LogP contribution in [-0.4, -0.2) is 23.1 Å². The van der Waals surface area contributed by atoms with Crippen LogP contribution in [0.15, 0.2) is 0 Å². The Labute approximate surface area is 89.0 Å². The number of hydrogen-bond donors (Lipinski definition) is 1. The van der Waals surface area contributed by atoms with Crippen molar-refractivity contribution in [2.45, 2.75) is 72.0 Å². The molecule has 1 rings (SSSR count). The van der Waals surface area contributed by atoms with E-state index in [1.54, 1.807) is 0 Å². The fourth-order valence-electron chi connectivity index (χ4n) is 2.06. The van der Waals surface area contributed by atoms with E-state index in [1.165, 1.54) is 19.3 Å². The zero-order valence-corrected chi connectivity index (χ0v) is 10.4. The number of rotatable bonds is 3. The number of hydrogen-bond acceptors (Lipinski definition) is 2. The molecule has 0 saturated carbocycles. The smallest absolute Gasteiger partial charge is 0.0218 e. The van der Waals surface area contributed by atoms with Gasteiger partial charge in [0.05, 0.1) is 0 Å². The van der Waals surface area contributed by atoms with E-state index in [1.807, 2.05) is 0 Å². The maximum Gasteiger partial charge on any atom is 0.0218 e. The number of nitrogens with one attached hydrogen (secondary N) is 1. The largest absolute Gasteiger partial charge is 0.252 e. The summed E-state index contributed by atoms with van der Waals surface area (Å²) in [7, 11) is 0. The highest BCUT2D eigenvalue weighted by Crippen LogP contribution is 2.21. The fourth-order valence-corrected chi connectivity index (χ4v) is 2.06. The Bertz CT molecular complexity index is 158. The Kier molecular flexibility index (Phi) is 4.39. The molecular weight excluding hydrogens is 172 g/mol. The van der Waals surface area contributed by atoms with Gasteiger partial charge in [-0.25, -0.2) is 5.01 Å². The van der Waals surface area contributed by atoms with E-state index in [9.17, 15) is 0 Å². The molecule has 0 aromatic heterocycles. The van der Waals surface area contributed by atoms with Gasteiger partial charge in [0, 0.05) is 18.1 Å². The van der Waals surface area contributed by atoms with Crippen molar-refractivity contribution in [1.29, 1.82) is 0 Å². The molecule has 0 aromatic carbocycles. The lowest BCUT2D eigenvalue weighted by Gasteiger charge is -2.41. The summed E-state index contributed by atoms with van der Waals surface area (Å²) < 4.78 is 0. The molecule has 0 aromatic rings. The van der Waals surface area contributed by atoms with Crippen LogP contribution in [0.5, 0.6) is 0 Å². The standard InChI is InChI=1S/C12H26N2/c1-9(2)12(5)13-14-10(3)7-6-8-11(14)4/h9-13H,6-8H2,1-5H3. The van der Waals surface area contributed by atoms with Gasteiger partial charge in [-0.3, -0.25) is 5.43 Å². The van der Waals surface area contributed by atoms with E-state index in [0.717, 1.165) is 0 Å². The first-order chi connectivity index (χ1) is 6.52. The van der Waals surface area contributed by atoms with Crippen LogP contribution >= 0.6 is 0 Å². The number of hydrazine groups is 1. The average Bonchev–Trinajstić information content (AvgIpc) is 2.11. The Hall–Kier alpha value is -0.0800. The second-order valence-electron chi connectivity index (χ2n) is 5.20. The van der Waals surface area contributed by atoms with E-state index in [0.29, 0.717) is 24.0 Å². The van der Waals surface area contributed by atoms with E-state index in [4.69, 9.17) is 0 Å². The minimum atomic E-state index is 0.581. The molecule has 84 valence electrons. The maximum atomic E-state index is 3.65. The minimum Gasteiger partial charge on any atom is -0.252 e. The van der Waals surface area contributed by atoms with Crippen molar-refractivity contribution in [3.8, 4) is 0 Å². The van der Waals surface area contributed by atoms with Crippen molar-refractivity contribution < 1.29 is 0 Å². The summed E-state index contributed by atoms with van der Waals surface area (Å²) >= 11 is 0. The first kappa shape index (κ1) is 12.0. The topological polar surface area (TPSA) is 15.3 Å². The highest BCUT2D eigenvalue weighted by molar-refractivity contribution is 4.78. The van der Waals surface area contributed by atoms with Crippen LogP contribution in [0.25, 0.3) is 0 Å². The molecule has 2 heteroatoms. The SMILES string of the molecule is CC(C)C(C)NN1C(C)CCCC1C. The van der Waals surface area contributed by atoms with E-state index in [-0.39, 0.29) is 0 Å². The van der Waals surface area contributed by atoms with Crippen LogP contribution in [0.3, 0.4) is 0 Å². The van der Waals surface area contributed by atoms with Gasteiger partial charge < -0.3 is 0 Å². The second-order valence-corrected chi connectivity index (χ2v) is 5.20. The lowest BCUT2D eigenvalue weighted by atomic mass is 9.99. The first-order valence-electron chi connectivity index (χ1n) is 6.07. The molecule has 2 nitrogen and oxygen atoms in total. The highest BCUT2D eigenvalue weighted by Gasteiger charge is 2.25.